The van der Waals surface area contributed by atoms with Gasteiger partial charge in [-0.05, 0) is 11.6 Å². The topological polar surface area (TPSA) is 97.4 Å². The number of aryl methyl sites for hydroxylation is 1. The summed E-state index contributed by atoms with van der Waals surface area (Å²) in [7, 11) is 1.90. The molecule has 0 spiro atoms. The zero-order valence-electron chi connectivity index (χ0n) is 11.2. The van der Waals surface area contributed by atoms with Gasteiger partial charge in [0.2, 0.25) is 5.91 Å². The molecule has 0 fully saturated rings. The lowest BCUT2D eigenvalue weighted by molar-refractivity contribution is -0.141. The normalized spacial score (nSPS) is 12.3. The molecule has 0 aliphatic rings. The third kappa shape index (κ3) is 2.80. The number of amides is 1. The van der Waals surface area contributed by atoms with Crippen LogP contribution in [0.1, 0.15) is 5.56 Å². The summed E-state index contributed by atoms with van der Waals surface area (Å²) < 4.78 is 1.94. The Balaban J connectivity index is 2.29. The van der Waals surface area contributed by atoms with Crippen LogP contribution < -0.4 is 11.1 Å². The maximum atomic E-state index is 11.3. The van der Waals surface area contributed by atoms with E-state index in [4.69, 9.17) is 5.73 Å². The average molecular weight is 275 g/mol. The molecular weight excluding hydrogens is 258 g/mol. The number of benzene rings is 1. The Morgan fingerprint density at radius 2 is 2.10 bits per heavy atom. The predicted molar refractivity (Wildman–Crippen MR) is 75.2 cm³/mol. The number of para-hydroxylation sites is 1. The van der Waals surface area contributed by atoms with Crippen molar-refractivity contribution < 1.29 is 14.7 Å². The van der Waals surface area contributed by atoms with E-state index >= 15 is 0 Å². The van der Waals surface area contributed by atoms with Crippen LogP contribution in [0.15, 0.2) is 30.5 Å². The molecule has 0 aliphatic carbocycles. The first kappa shape index (κ1) is 14.1. The van der Waals surface area contributed by atoms with Crippen LogP contribution in [0.4, 0.5) is 0 Å². The summed E-state index contributed by atoms with van der Waals surface area (Å²) in [6.07, 6.45) is 2.11. The number of carbonyl (C=O) groups is 2. The van der Waals surface area contributed by atoms with Crippen LogP contribution in [-0.4, -0.2) is 34.1 Å². The number of rotatable bonds is 5. The number of aromatic nitrogens is 1. The molecule has 2 aromatic rings. The molecule has 0 aliphatic heterocycles. The lowest BCUT2D eigenvalue weighted by Crippen LogP contribution is -2.44. The molecule has 1 heterocycles. The molecule has 106 valence electrons. The number of nitrogens with two attached hydrogens (primary N) is 1. The summed E-state index contributed by atoms with van der Waals surface area (Å²) in [5.74, 6) is -1.54. The quantitative estimate of drug-likeness (QED) is 0.728. The number of carboxylic acid groups (broad SMARTS) is 1. The van der Waals surface area contributed by atoms with Crippen LogP contribution in [0.25, 0.3) is 10.9 Å². The van der Waals surface area contributed by atoms with Gasteiger partial charge in [-0.25, -0.2) is 4.79 Å². The van der Waals surface area contributed by atoms with Crippen LogP contribution in [0.3, 0.4) is 0 Å². The van der Waals surface area contributed by atoms with Crippen LogP contribution >= 0.6 is 0 Å². The maximum Gasteiger partial charge on any atom is 0.326 e. The minimum absolute atomic E-state index is 0.223. The first-order chi connectivity index (χ1) is 9.52. The third-order valence-electron chi connectivity index (χ3n) is 3.22. The van der Waals surface area contributed by atoms with Crippen molar-refractivity contribution in [2.45, 2.75) is 12.5 Å². The standard InChI is InChI=1S/C14H17N3O3/c1-17-8-9(10-4-2-3-5-12(10)17)6-11(14(19)20)16-13(18)7-15/h2-5,8,11H,6-7,15H2,1H3,(H,16,18)(H,19,20)/t11-/m1/s1. The Labute approximate surface area is 116 Å². The molecule has 1 aromatic carbocycles. The molecule has 0 saturated carbocycles. The number of hydrogen-bond acceptors (Lipinski definition) is 3. The number of aliphatic carboxylic acids is 1. The van der Waals surface area contributed by atoms with E-state index in [1.807, 2.05) is 42.1 Å². The molecule has 6 heteroatoms. The van der Waals surface area contributed by atoms with Crippen molar-refractivity contribution in [2.24, 2.45) is 12.8 Å². The summed E-state index contributed by atoms with van der Waals surface area (Å²) in [6.45, 7) is -0.223. The molecule has 0 unspecified atom stereocenters. The van der Waals surface area contributed by atoms with Crippen LogP contribution in [0.2, 0.25) is 0 Å². The molecule has 6 nitrogen and oxygen atoms in total. The van der Waals surface area contributed by atoms with E-state index in [0.717, 1.165) is 16.5 Å². The van der Waals surface area contributed by atoms with E-state index in [1.165, 1.54) is 0 Å². The second-order valence-electron chi connectivity index (χ2n) is 4.65. The highest BCUT2D eigenvalue weighted by molar-refractivity contribution is 5.87. The highest BCUT2D eigenvalue weighted by Gasteiger charge is 2.21. The second-order valence-corrected chi connectivity index (χ2v) is 4.65. The van der Waals surface area contributed by atoms with E-state index in [0.29, 0.717) is 0 Å². The average Bonchev–Trinajstić information content (AvgIpc) is 2.75. The van der Waals surface area contributed by atoms with Gasteiger partial charge in [0.1, 0.15) is 6.04 Å². The van der Waals surface area contributed by atoms with Crippen molar-refractivity contribution in [3.05, 3.63) is 36.0 Å². The van der Waals surface area contributed by atoms with Gasteiger partial charge in [0.05, 0.1) is 6.54 Å². The second kappa shape index (κ2) is 5.75. The van der Waals surface area contributed by atoms with Crippen LogP contribution in [0.5, 0.6) is 0 Å². The summed E-state index contributed by atoms with van der Waals surface area (Å²) in [6, 6.07) is 6.76. The van der Waals surface area contributed by atoms with Gasteiger partial charge in [-0.3, -0.25) is 4.79 Å². The van der Waals surface area contributed by atoms with Gasteiger partial charge in [-0.2, -0.15) is 0 Å². The largest absolute Gasteiger partial charge is 0.480 e. The fourth-order valence-electron chi connectivity index (χ4n) is 2.26. The van der Waals surface area contributed by atoms with E-state index in [2.05, 4.69) is 5.32 Å². The summed E-state index contributed by atoms with van der Waals surface area (Å²) >= 11 is 0. The van der Waals surface area contributed by atoms with Gasteiger partial charge in [0.15, 0.2) is 0 Å². The van der Waals surface area contributed by atoms with Crippen molar-refractivity contribution in [2.75, 3.05) is 6.54 Å². The van der Waals surface area contributed by atoms with Crippen molar-refractivity contribution in [3.8, 4) is 0 Å². The number of fused-ring (bicyclic) bond motifs is 1. The lowest BCUT2D eigenvalue weighted by atomic mass is 10.1. The van der Waals surface area contributed by atoms with Gasteiger partial charge in [-0.15, -0.1) is 0 Å². The van der Waals surface area contributed by atoms with Crippen molar-refractivity contribution in [3.63, 3.8) is 0 Å². The van der Waals surface area contributed by atoms with Gasteiger partial charge in [0.25, 0.3) is 0 Å². The van der Waals surface area contributed by atoms with E-state index in [9.17, 15) is 14.7 Å². The number of carbonyl (C=O) groups excluding carboxylic acids is 1. The van der Waals surface area contributed by atoms with Gasteiger partial charge in [-0.1, -0.05) is 18.2 Å². The van der Waals surface area contributed by atoms with Gasteiger partial charge >= 0.3 is 5.97 Å². The first-order valence-corrected chi connectivity index (χ1v) is 6.28. The minimum atomic E-state index is -1.07. The molecule has 1 aromatic heterocycles. The Morgan fingerprint density at radius 3 is 2.75 bits per heavy atom. The van der Waals surface area contributed by atoms with E-state index in [1.54, 1.807) is 0 Å². The Hall–Kier alpha value is -2.34. The zero-order valence-corrected chi connectivity index (χ0v) is 11.2. The van der Waals surface area contributed by atoms with E-state index < -0.39 is 17.9 Å². The number of nitrogens with zero attached hydrogens (tertiary/aromatic N) is 1. The number of hydrogen-bond donors (Lipinski definition) is 3. The molecule has 0 saturated heterocycles. The fourth-order valence-corrected chi connectivity index (χ4v) is 2.26. The monoisotopic (exact) mass is 275 g/mol. The Morgan fingerprint density at radius 1 is 1.40 bits per heavy atom. The maximum absolute atomic E-state index is 11.3. The fraction of sp³-hybridized carbons (Fsp3) is 0.286. The van der Waals surface area contributed by atoms with Gasteiger partial charge < -0.3 is 20.7 Å². The van der Waals surface area contributed by atoms with Gasteiger partial charge in [0, 0.05) is 30.6 Å². The summed E-state index contributed by atoms with van der Waals surface area (Å²) in [5, 5.41) is 12.6. The SMILES string of the molecule is Cn1cc(C[C@@H](NC(=O)CN)C(=O)O)c2ccccc21. The first-order valence-electron chi connectivity index (χ1n) is 6.28. The highest BCUT2D eigenvalue weighted by atomic mass is 16.4. The molecule has 1 atom stereocenters. The molecule has 20 heavy (non-hydrogen) atoms. The third-order valence-corrected chi connectivity index (χ3v) is 3.22. The number of carboxylic acids is 1. The molecule has 1 amide bonds. The summed E-state index contributed by atoms with van der Waals surface area (Å²) in [4.78, 5) is 22.5. The van der Waals surface area contributed by atoms with Crippen molar-refractivity contribution in [1.82, 2.24) is 9.88 Å². The minimum Gasteiger partial charge on any atom is -0.480 e. The molecule has 0 radical (unpaired) electrons. The highest BCUT2D eigenvalue weighted by Crippen LogP contribution is 2.21. The lowest BCUT2D eigenvalue weighted by Gasteiger charge is -2.13. The Bertz CT molecular complexity index is 648. The molecular formula is C14H17N3O3. The molecule has 4 N–H and O–H groups in total. The smallest absolute Gasteiger partial charge is 0.326 e. The predicted octanol–water partition coefficient (Wildman–Crippen LogP) is 0.249. The van der Waals surface area contributed by atoms with E-state index in [-0.39, 0.29) is 13.0 Å². The van der Waals surface area contributed by atoms with Crippen molar-refractivity contribution in [1.29, 1.82) is 0 Å². The van der Waals surface area contributed by atoms with Crippen LogP contribution in [0, 0.1) is 0 Å². The molecule has 0 bridgehead atoms. The van der Waals surface area contributed by atoms with Crippen LogP contribution in [-0.2, 0) is 23.1 Å². The molecule has 2 rings (SSSR count). The Kier molecular flexibility index (Phi) is 4.05. The summed E-state index contributed by atoms with van der Waals surface area (Å²) in [5.41, 5.74) is 7.11. The van der Waals surface area contributed by atoms with Crippen molar-refractivity contribution >= 4 is 22.8 Å². The number of nitrogens with one attached hydrogen (secondary N) is 1. The zero-order chi connectivity index (χ0) is 14.7.